The Morgan fingerprint density at radius 1 is 1.14 bits per heavy atom. The van der Waals surface area contributed by atoms with Gasteiger partial charge in [-0.15, -0.1) is 0 Å². The van der Waals surface area contributed by atoms with Crippen LogP contribution < -0.4 is 5.32 Å². The third-order valence-corrected chi connectivity index (χ3v) is 6.97. The molecule has 154 valence electrons. The second-order valence-electron chi connectivity index (χ2n) is 8.66. The fourth-order valence-corrected chi connectivity index (χ4v) is 4.91. The Bertz CT molecular complexity index is 725. The molecule has 1 aromatic rings. The number of likely N-dealkylation sites (tertiary alicyclic amines) is 1. The average Bonchev–Trinajstić information content (AvgIpc) is 3.13. The maximum absolute atomic E-state index is 13.2. The summed E-state index contributed by atoms with van der Waals surface area (Å²) < 4.78 is 45.0. The topological polar surface area (TPSA) is 41.6 Å². The quantitative estimate of drug-likeness (QED) is 0.826. The molecular formula is C21H27F3N2O2. The monoisotopic (exact) mass is 396 g/mol. The van der Waals surface area contributed by atoms with E-state index in [-0.39, 0.29) is 6.03 Å². The Labute approximate surface area is 163 Å². The highest BCUT2D eigenvalue weighted by atomic mass is 19.4. The second-order valence-corrected chi connectivity index (χ2v) is 8.66. The Kier molecular flexibility index (Phi) is 5.06. The van der Waals surface area contributed by atoms with Gasteiger partial charge in [-0.2, -0.15) is 13.2 Å². The van der Waals surface area contributed by atoms with Crippen molar-refractivity contribution in [3.63, 3.8) is 0 Å². The van der Waals surface area contributed by atoms with Crippen molar-refractivity contribution >= 4 is 6.03 Å². The van der Waals surface area contributed by atoms with Gasteiger partial charge < -0.3 is 15.0 Å². The van der Waals surface area contributed by atoms with Crippen molar-refractivity contribution in [1.29, 1.82) is 0 Å². The summed E-state index contributed by atoms with van der Waals surface area (Å²) >= 11 is 0. The van der Waals surface area contributed by atoms with Crippen LogP contribution in [0, 0.1) is 5.41 Å². The summed E-state index contributed by atoms with van der Waals surface area (Å²) in [5, 5.41) is 3.03. The lowest BCUT2D eigenvalue weighted by atomic mass is 9.68. The number of ether oxygens (including phenoxy) is 1. The van der Waals surface area contributed by atoms with E-state index in [0.29, 0.717) is 43.6 Å². The lowest BCUT2D eigenvalue weighted by molar-refractivity contribution is -0.137. The largest absolute Gasteiger partial charge is 0.416 e. The zero-order valence-electron chi connectivity index (χ0n) is 16.0. The molecular weight excluding hydrogens is 369 g/mol. The Morgan fingerprint density at radius 2 is 1.89 bits per heavy atom. The average molecular weight is 396 g/mol. The predicted octanol–water partition coefficient (Wildman–Crippen LogP) is 4.34. The molecule has 1 aromatic carbocycles. The van der Waals surface area contributed by atoms with E-state index < -0.39 is 17.2 Å². The minimum Gasteiger partial charge on any atom is -0.381 e. The number of hydrogen-bond acceptors (Lipinski definition) is 2. The first-order valence-electron chi connectivity index (χ1n) is 10.1. The fourth-order valence-electron chi connectivity index (χ4n) is 4.91. The number of urea groups is 1. The summed E-state index contributed by atoms with van der Waals surface area (Å²) in [7, 11) is 0. The van der Waals surface area contributed by atoms with Crippen molar-refractivity contribution < 1.29 is 22.7 Å². The highest BCUT2D eigenvalue weighted by Crippen LogP contribution is 2.48. The zero-order chi connectivity index (χ0) is 19.8. The number of benzene rings is 1. The molecule has 2 saturated heterocycles. The normalized spacial score (nSPS) is 23.5. The molecule has 0 radical (unpaired) electrons. The van der Waals surface area contributed by atoms with Crippen LogP contribution in [0.4, 0.5) is 18.0 Å². The molecule has 0 unspecified atom stereocenters. The molecule has 7 heteroatoms. The molecule has 28 heavy (non-hydrogen) atoms. The van der Waals surface area contributed by atoms with Gasteiger partial charge in [0.1, 0.15) is 0 Å². The number of rotatable bonds is 3. The molecule has 3 aliphatic rings. The molecule has 0 atom stereocenters. The molecule has 4 nitrogen and oxygen atoms in total. The minimum absolute atomic E-state index is 0.0957. The van der Waals surface area contributed by atoms with E-state index in [1.165, 1.54) is 31.4 Å². The molecule has 1 spiro atoms. The van der Waals surface area contributed by atoms with Crippen molar-refractivity contribution in [3.05, 3.63) is 35.4 Å². The van der Waals surface area contributed by atoms with Crippen molar-refractivity contribution in [1.82, 2.24) is 10.2 Å². The van der Waals surface area contributed by atoms with Gasteiger partial charge in [0.05, 0.1) is 5.56 Å². The van der Waals surface area contributed by atoms with E-state index in [9.17, 15) is 18.0 Å². The van der Waals surface area contributed by atoms with Gasteiger partial charge in [-0.25, -0.2) is 4.79 Å². The number of carbonyl (C=O) groups is 1. The van der Waals surface area contributed by atoms with Crippen LogP contribution in [0.25, 0.3) is 0 Å². The number of nitrogens with one attached hydrogen (secondary N) is 1. The number of nitrogens with zero attached hydrogens (tertiary/aromatic N) is 1. The standard InChI is InChI=1S/C21H27F3N2O2/c22-21(23,24)17-4-1-3-16(13-17)20(8-11-28-12-9-20)14-25-18(27)26-10-7-19(15-26)5-2-6-19/h1,3-4,13H,2,5-12,14-15H2,(H,25,27). The molecule has 2 aliphatic heterocycles. The van der Waals surface area contributed by atoms with Crippen LogP contribution in [0.1, 0.15) is 49.7 Å². The van der Waals surface area contributed by atoms with Gasteiger partial charge in [-0.05, 0) is 49.1 Å². The number of carbonyl (C=O) groups excluding carboxylic acids is 1. The van der Waals surface area contributed by atoms with Gasteiger partial charge in [0, 0.05) is 38.3 Å². The highest BCUT2D eigenvalue weighted by molar-refractivity contribution is 5.74. The van der Waals surface area contributed by atoms with Crippen LogP contribution in [0.2, 0.25) is 0 Å². The van der Waals surface area contributed by atoms with Gasteiger partial charge in [0.25, 0.3) is 0 Å². The second kappa shape index (κ2) is 7.25. The van der Waals surface area contributed by atoms with Gasteiger partial charge in [-0.1, -0.05) is 24.6 Å². The summed E-state index contributed by atoms with van der Waals surface area (Å²) in [5.74, 6) is 0. The van der Waals surface area contributed by atoms with E-state index in [0.717, 1.165) is 25.6 Å². The molecule has 2 heterocycles. The fraction of sp³-hybridized carbons (Fsp3) is 0.667. The maximum atomic E-state index is 13.2. The van der Waals surface area contributed by atoms with Crippen LogP contribution in [0.15, 0.2) is 24.3 Å². The molecule has 1 N–H and O–H groups in total. The Morgan fingerprint density at radius 3 is 2.50 bits per heavy atom. The molecule has 0 bridgehead atoms. The summed E-state index contributed by atoms with van der Waals surface area (Å²) in [6.07, 6.45) is 1.51. The first kappa shape index (κ1) is 19.6. The summed E-state index contributed by atoms with van der Waals surface area (Å²) in [5.41, 5.74) is -0.214. The predicted molar refractivity (Wildman–Crippen MR) is 99.0 cm³/mol. The molecule has 1 saturated carbocycles. The number of halogens is 3. The van der Waals surface area contributed by atoms with Crippen molar-refractivity contribution in [2.45, 2.75) is 50.1 Å². The van der Waals surface area contributed by atoms with Gasteiger partial charge in [0.2, 0.25) is 0 Å². The lowest BCUT2D eigenvalue weighted by Gasteiger charge is -2.39. The Hall–Kier alpha value is -1.76. The zero-order valence-corrected chi connectivity index (χ0v) is 16.0. The van der Waals surface area contributed by atoms with Gasteiger partial charge in [0.15, 0.2) is 0 Å². The smallest absolute Gasteiger partial charge is 0.381 e. The van der Waals surface area contributed by atoms with E-state index in [1.807, 2.05) is 4.90 Å². The lowest BCUT2D eigenvalue weighted by Crippen LogP contribution is -2.48. The summed E-state index contributed by atoms with van der Waals surface area (Å²) in [6, 6.07) is 5.43. The van der Waals surface area contributed by atoms with Gasteiger partial charge >= 0.3 is 12.2 Å². The van der Waals surface area contributed by atoms with Crippen LogP contribution in [-0.2, 0) is 16.3 Å². The van der Waals surface area contributed by atoms with E-state index >= 15 is 0 Å². The van der Waals surface area contributed by atoms with Crippen LogP contribution in [0.5, 0.6) is 0 Å². The third kappa shape index (κ3) is 3.73. The molecule has 0 aromatic heterocycles. The third-order valence-electron chi connectivity index (χ3n) is 6.97. The molecule has 2 amide bonds. The number of hydrogen-bond donors (Lipinski definition) is 1. The first-order chi connectivity index (χ1) is 13.3. The van der Waals surface area contributed by atoms with E-state index in [2.05, 4.69) is 5.32 Å². The minimum atomic E-state index is -4.38. The number of amides is 2. The van der Waals surface area contributed by atoms with Crippen molar-refractivity contribution in [3.8, 4) is 0 Å². The van der Waals surface area contributed by atoms with Crippen molar-refractivity contribution in [2.24, 2.45) is 5.41 Å². The Balaban J connectivity index is 1.48. The van der Waals surface area contributed by atoms with Gasteiger partial charge in [-0.3, -0.25) is 0 Å². The summed E-state index contributed by atoms with van der Waals surface area (Å²) in [4.78, 5) is 14.6. The van der Waals surface area contributed by atoms with Crippen LogP contribution in [-0.4, -0.2) is 43.8 Å². The number of alkyl halides is 3. The highest BCUT2D eigenvalue weighted by Gasteiger charge is 2.44. The molecule has 3 fully saturated rings. The van der Waals surface area contributed by atoms with Crippen LogP contribution >= 0.6 is 0 Å². The van der Waals surface area contributed by atoms with Crippen LogP contribution in [0.3, 0.4) is 0 Å². The maximum Gasteiger partial charge on any atom is 0.416 e. The first-order valence-corrected chi connectivity index (χ1v) is 10.1. The molecule has 4 rings (SSSR count). The van der Waals surface area contributed by atoms with E-state index in [1.54, 1.807) is 6.07 Å². The van der Waals surface area contributed by atoms with E-state index in [4.69, 9.17) is 4.74 Å². The molecule has 1 aliphatic carbocycles. The SMILES string of the molecule is O=C(NCC1(c2cccc(C(F)(F)F)c2)CCOCC1)N1CCC2(CCC2)C1. The van der Waals surface area contributed by atoms with Crippen molar-refractivity contribution in [2.75, 3.05) is 32.8 Å². The summed E-state index contributed by atoms with van der Waals surface area (Å²) in [6.45, 7) is 2.88.